The van der Waals surface area contributed by atoms with E-state index >= 15 is 0 Å². The van der Waals surface area contributed by atoms with Crippen LogP contribution in [0.4, 0.5) is 5.69 Å². The molecule has 11 heteroatoms. The lowest BCUT2D eigenvalue weighted by atomic mass is 10.1. The third kappa shape index (κ3) is 6.74. The van der Waals surface area contributed by atoms with E-state index in [1.54, 1.807) is 34.6 Å². The normalized spacial score (nSPS) is 22.1. The molecule has 0 aliphatic carbocycles. The molecule has 1 aliphatic heterocycles. The summed E-state index contributed by atoms with van der Waals surface area (Å²) in [5, 5.41) is 11.1. The van der Waals surface area contributed by atoms with Crippen LogP contribution in [0.3, 0.4) is 0 Å². The molecule has 0 spiro atoms. The summed E-state index contributed by atoms with van der Waals surface area (Å²) in [4.78, 5) is 21.8. The molecule has 1 aliphatic rings. The van der Waals surface area contributed by atoms with Gasteiger partial charge in [0.25, 0.3) is 5.69 Å². The summed E-state index contributed by atoms with van der Waals surface area (Å²) >= 11 is 0. The van der Waals surface area contributed by atoms with Crippen LogP contribution >= 0.6 is 0 Å². The standard InChI is InChI=1S/C18H25NO9S/c1-17(2,3)26-15(20)10-12-11-16(27-18(4,5)25-12)28-29(23,24)14-9-7-6-8-13(14)19(21)22/h6-9,12,16H,10-11H2,1-5H3/t12-,16+/m0/s1. The van der Waals surface area contributed by atoms with Crippen LogP contribution < -0.4 is 0 Å². The summed E-state index contributed by atoms with van der Waals surface area (Å²) in [5.41, 5.74) is -1.28. The van der Waals surface area contributed by atoms with Gasteiger partial charge in [0.15, 0.2) is 17.0 Å². The zero-order valence-electron chi connectivity index (χ0n) is 16.9. The minimum atomic E-state index is -4.50. The van der Waals surface area contributed by atoms with Crippen LogP contribution in [0.15, 0.2) is 29.2 Å². The van der Waals surface area contributed by atoms with E-state index in [9.17, 15) is 23.3 Å². The summed E-state index contributed by atoms with van der Waals surface area (Å²) in [6.45, 7) is 8.27. The molecule has 29 heavy (non-hydrogen) atoms. The number of hydrogen-bond acceptors (Lipinski definition) is 9. The van der Waals surface area contributed by atoms with Crippen LogP contribution in [-0.2, 0) is 33.3 Å². The van der Waals surface area contributed by atoms with E-state index in [1.165, 1.54) is 12.1 Å². The first-order chi connectivity index (χ1) is 13.2. The molecule has 0 amide bonds. The highest BCUT2D eigenvalue weighted by atomic mass is 32.2. The minimum absolute atomic E-state index is 0.0808. The van der Waals surface area contributed by atoms with Gasteiger partial charge in [0.2, 0.25) is 0 Å². The molecule has 1 aromatic rings. The van der Waals surface area contributed by atoms with Crippen LogP contribution in [0.25, 0.3) is 0 Å². The van der Waals surface area contributed by atoms with Crippen molar-refractivity contribution in [3.63, 3.8) is 0 Å². The average molecular weight is 431 g/mol. The summed E-state index contributed by atoms with van der Waals surface area (Å²) in [5.74, 6) is -1.76. The molecular weight excluding hydrogens is 406 g/mol. The van der Waals surface area contributed by atoms with Crippen molar-refractivity contribution < 1.29 is 36.5 Å². The maximum absolute atomic E-state index is 12.6. The molecule has 1 saturated heterocycles. The first kappa shape index (κ1) is 23.2. The van der Waals surface area contributed by atoms with Crippen molar-refractivity contribution >= 4 is 21.8 Å². The largest absolute Gasteiger partial charge is 0.460 e. The number of benzene rings is 1. The number of ether oxygens (including phenoxy) is 3. The molecule has 2 rings (SSSR count). The number of carbonyl (C=O) groups is 1. The number of nitro benzene ring substituents is 1. The lowest BCUT2D eigenvalue weighted by Crippen LogP contribution is -2.47. The fourth-order valence-electron chi connectivity index (χ4n) is 2.82. The lowest BCUT2D eigenvalue weighted by molar-refractivity contribution is -0.388. The van der Waals surface area contributed by atoms with E-state index in [1.807, 2.05) is 0 Å². The smallest absolute Gasteiger partial charge is 0.308 e. The summed E-state index contributed by atoms with van der Waals surface area (Å²) < 4.78 is 46.8. The molecule has 0 saturated carbocycles. The number of nitro groups is 1. The Morgan fingerprint density at radius 2 is 1.90 bits per heavy atom. The van der Waals surface area contributed by atoms with Gasteiger partial charge in [0.05, 0.1) is 17.4 Å². The highest BCUT2D eigenvalue weighted by Crippen LogP contribution is 2.33. The Morgan fingerprint density at radius 3 is 2.48 bits per heavy atom. The molecule has 0 unspecified atom stereocenters. The number of rotatable bonds is 6. The number of carbonyl (C=O) groups excluding carboxylic acids is 1. The van der Waals surface area contributed by atoms with E-state index in [4.69, 9.17) is 18.4 Å². The monoisotopic (exact) mass is 431 g/mol. The van der Waals surface area contributed by atoms with Crippen molar-refractivity contribution in [3.8, 4) is 0 Å². The van der Waals surface area contributed by atoms with E-state index in [-0.39, 0.29) is 12.8 Å². The van der Waals surface area contributed by atoms with Crippen LogP contribution in [0.2, 0.25) is 0 Å². The molecule has 1 heterocycles. The molecular formula is C18H25NO9S. The van der Waals surface area contributed by atoms with Gasteiger partial charge in [-0.2, -0.15) is 8.42 Å². The van der Waals surface area contributed by atoms with Gasteiger partial charge < -0.3 is 14.2 Å². The van der Waals surface area contributed by atoms with E-state index in [2.05, 4.69) is 0 Å². The van der Waals surface area contributed by atoms with Crippen LogP contribution in [0, 0.1) is 10.1 Å². The zero-order chi connectivity index (χ0) is 22.0. The third-order valence-corrected chi connectivity index (χ3v) is 5.05. The van der Waals surface area contributed by atoms with Crippen LogP contribution in [0.1, 0.15) is 47.5 Å². The number of esters is 1. The summed E-state index contributed by atoms with van der Waals surface area (Å²) in [6, 6.07) is 4.85. The van der Waals surface area contributed by atoms with Crippen molar-refractivity contribution in [1.82, 2.24) is 0 Å². The SMILES string of the molecule is CC(C)(C)OC(=O)C[C@H]1C[C@@H](OS(=O)(=O)c2ccccc2[N+](=O)[O-])OC(C)(C)O1. The summed E-state index contributed by atoms with van der Waals surface area (Å²) in [7, 11) is -4.50. The van der Waals surface area contributed by atoms with Crippen molar-refractivity contribution in [2.24, 2.45) is 0 Å². The topological polar surface area (TPSA) is 131 Å². The van der Waals surface area contributed by atoms with Crippen LogP contribution in [-0.4, -0.2) is 43.1 Å². The predicted octanol–water partition coefficient (Wildman–Crippen LogP) is 2.90. The first-order valence-electron chi connectivity index (χ1n) is 8.93. The van der Waals surface area contributed by atoms with E-state index in [0.717, 1.165) is 12.1 Å². The molecule has 1 aromatic carbocycles. The molecule has 0 bridgehead atoms. The van der Waals surface area contributed by atoms with E-state index < -0.39 is 55.4 Å². The first-order valence-corrected chi connectivity index (χ1v) is 10.3. The van der Waals surface area contributed by atoms with Crippen molar-refractivity contribution in [2.45, 2.75) is 76.1 Å². The zero-order valence-corrected chi connectivity index (χ0v) is 17.7. The Labute approximate surface area is 169 Å². The van der Waals surface area contributed by atoms with Gasteiger partial charge in [-0.1, -0.05) is 12.1 Å². The maximum atomic E-state index is 12.6. The molecule has 0 N–H and O–H groups in total. The second kappa shape index (κ2) is 8.34. The van der Waals surface area contributed by atoms with Gasteiger partial charge in [-0.05, 0) is 40.7 Å². The Kier molecular flexibility index (Phi) is 6.68. The van der Waals surface area contributed by atoms with Gasteiger partial charge >= 0.3 is 16.1 Å². The fraction of sp³-hybridized carbons (Fsp3) is 0.611. The molecule has 1 fully saturated rings. The Morgan fingerprint density at radius 1 is 1.28 bits per heavy atom. The quantitative estimate of drug-likeness (QED) is 0.289. The van der Waals surface area contributed by atoms with Gasteiger partial charge in [0.1, 0.15) is 5.60 Å². The fourth-order valence-corrected chi connectivity index (χ4v) is 3.97. The van der Waals surface area contributed by atoms with Gasteiger partial charge in [-0.3, -0.25) is 14.9 Å². The Hall–Kier alpha value is -2.08. The predicted molar refractivity (Wildman–Crippen MR) is 100 cm³/mol. The number of nitrogens with zero attached hydrogens (tertiary/aromatic N) is 1. The molecule has 2 atom stereocenters. The molecule has 0 radical (unpaired) electrons. The summed E-state index contributed by atoms with van der Waals surface area (Å²) in [6.07, 6.45) is -2.23. The molecule has 0 aromatic heterocycles. The highest BCUT2D eigenvalue weighted by molar-refractivity contribution is 7.87. The highest BCUT2D eigenvalue weighted by Gasteiger charge is 2.41. The van der Waals surface area contributed by atoms with Gasteiger partial charge in [-0.25, -0.2) is 4.18 Å². The lowest BCUT2D eigenvalue weighted by Gasteiger charge is -2.39. The second-order valence-corrected chi connectivity index (χ2v) is 9.53. The Bertz CT molecular complexity index is 874. The molecule has 162 valence electrons. The number of para-hydroxylation sites is 1. The second-order valence-electron chi connectivity index (χ2n) is 7.99. The maximum Gasteiger partial charge on any atom is 0.308 e. The minimum Gasteiger partial charge on any atom is -0.460 e. The van der Waals surface area contributed by atoms with Crippen molar-refractivity contribution in [1.29, 1.82) is 0 Å². The van der Waals surface area contributed by atoms with Crippen molar-refractivity contribution in [2.75, 3.05) is 0 Å². The van der Waals surface area contributed by atoms with Crippen LogP contribution in [0.5, 0.6) is 0 Å². The third-order valence-electron chi connectivity index (χ3n) is 3.70. The Balaban J connectivity index is 2.17. The molecule has 10 nitrogen and oxygen atoms in total. The van der Waals surface area contributed by atoms with Gasteiger partial charge in [0, 0.05) is 12.5 Å². The van der Waals surface area contributed by atoms with E-state index in [0.29, 0.717) is 0 Å². The average Bonchev–Trinajstić information content (AvgIpc) is 2.50. The van der Waals surface area contributed by atoms with Crippen molar-refractivity contribution in [3.05, 3.63) is 34.4 Å². The number of hydrogen-bond donors (Lipinski definition) is 0. The van der Waals surface area contributed by atoms with Gasteiger partial charge in [-0.15, -0.1) is 0 Å².